The molecule has 152 valence electrons. The normalized spacial score (nSPS) is 22.5. The van der Waals surface area contributed by atoms with Crippen molar-refractivity contribution in [1.29, 1.82) is 0 Å². The Kier molecular flexibility index (Phi) is 4.60. The Labute approximate surface area is 167 Å². The van der Waals surface area contributed by atoms with Crippen LogP contribution in [-0.2, 0) is 16.6 Å². The Morgan fingerprint density at radius 2 is 2.03 bits per heavy atom. The molecule has 29 heavy (non-hydrogen) atoms. The second kappa shape index (κ2) is 6.98. The Hall–Kier alpha value is -3.23. The zero-order chi connectivity index (χ0) is 20.8. The van der Waals surface area contributed by atoms with Gasteiger partial charge in [-0.3, -0.25) is 14.5 Å². The van der Waals surface area contributed by atoms with Crippen molar-refractivity contribution < 1.29 is 18.8 Å². The number of benzene rings is 1. The van der Waals surface area contributed by atoms with E-state index in [1.807, 2.05) is 0 Å². The first-order valence-corrected chi connectivity index (χ1v) is 9.46. The summed E-state index contributed by atoms with van der Waals surface area (Å²) in [4.78, 5) is 43.0. The van der Waals surface area contributed by atoms with Crippen LogP contribution in [0.15, 0.2) is 36.7 Å². The molecule has 1 aliphatic heterocycles. The summed E-state index contributed by atoms with van der Waals surface area (Å²) in [5.41, 5.74) is -0.304. The molecule has 2 aliphatic rings. The van der Waals surface area contributed by atoms with Gasteiger partial charge in [0, 0.05) is 19.4 Å². The summed E-state index contributed by atoms with van der Waals surface area (Å²) in [5, 5.41) is 5.54. The van der Waals surface area contributed by atoms with Crippen LogP contribution in [0.4, 0.5) is 9.18 Å². The van der Waals surface area contributed by atoms with Gasteiger partial charge in [-0.1, -0.05) is 12.1 Å². The molecular weight excluding hydrogens is 377 g/mol. The summed E-state index contributed by atoms with van der Waals surface area (Å²) in [7, 11) is 1.78. The fourth-order valence-corrected chi connectivity index (χ4v) is 3.75. The average Bonchev–Trinajstić information content (AvgIpc) is 3.42. The molecule has 2 heterocycles. The zero-order valence-corrected chi connectivity index (χ0v) is 16.2. The quantitative estimate of drug-likeness (QED) is 0.720. The molecule has 1 aromatic heterocycles. The number of urea groups is 1. The van der Waals surface area contributed by atoms with E-state index in [4.69, 9.17) is 0 Å². The van der Waals surface area contributed by atoms with E-state index < -0.39 is 35.9 Å². The number of aromatic nitrogens is 2. The van der Waals surface area contributed by atoms with Gasteiger partial charge in [-0.2, -0.15) is 0 Å². The number of rotatable bonds is 6. The van der Waals surface area contributed by atoms with Crippen molar-refractivity contribution in [2.45, 2.75) is 31.3 Å². The van der Waals surface area contributed by atoms with Gasteiger partial charge in [0.05, 0.1) is 0 Å². The monoisotopic (exact) mass is 399 g/mol. The lowest BCUT2D eigenvalue weighted by molar-refractivity contribution is -0.135. The number of hydrogen-bond acceptors (Lipinski definition) is 4. The van der Waals surface area contributed by atoms with E-state index in [1.165, 1.54) is 12.1 Å². The number of amides is 4. The van der Waals surface area contributed by atoms with Crippen LogP contribution in [0.25, 0.3) is 0 Å². The van der Waals surface area contributed by atoms with E-state index >= 15 is 0 Å². The molecule has 0 spiro atoms. The topological polar surface area (TPSA) is 96.3 Å². The third-order valence-corrected chi connectivity index (χ3v) is 5.62. The van der Waals surface area contributed by atoms with E-state index in [9.17, 15) is 18.8 Å². The number of nitrogens with zero attached hydrogens (tertiary/aromatic N) is 3. The van der Waals surface area contributed by atoms with Crippen molar-refractivity contribution >= 4 is 17.8 Å². The Bertz CT molecular complexity index is 969. The number of carbonyl (C=O) groups is 3. The molecule has 4 amide bonds. The van der Waals surface area contributed by atoms with Gasteiger partial charge < -0.3 is 15.2 Å². The molecule has 1 saturated heterocycles. The van der Waals surface area contributed by atoms with Crippen LogP contribution in [0.2, 0.25) is 0 Å². The van der Waals surface area contributed by atoms with Gasteiger partial charge in [0.2, 0.25) is 5.91 Å². The molecule has 0 bridgehead atoms. The molecule has 2 aromatic rings. The maximum Gasteiger partial charge on any atom is 0.325 e. The lowest BCUT2D eigenvalue weighted by atomic mass is 9.96. The molecule has 0 radical (unpaired) electrons. The first kappa shape index (κ1) is 19.1. The van der Waals surface area contributed by atoms with Crippen molar-refractivity contribution in [2.75, 3.05) is 6.54 Å². The number of halogens is 1. The molecule has 2 N–H and O–H groups in total. The van der Waals surface area contributed by atoms with Gasteiger partial charge in [-0.25, -0.2) is 14.2 Å². The Balaban J connectivity index is 1.53. The van der Waals surface area contributed by atoms with Crippen molar-refractivity contribution in [3.8, 4) is 0 Å². The largest absolute Gasteiger partial charge is 0.341 e. The van der Waals surface area contributed by atoms with Gasteiger partial charge in [0.25, 0.3) is 5.91 Å². The number of aryl methyl sites for hydroxylation is 1. The number of imidazole rings is 1. The molecule has 2 atom stereocenters. The van der Waals surface area contributed by atoms with E-state index in [0.717, 1.165) is 17.7 Å². The minimum Gasteiger partial charge on any atom is -0.341 e. The van der Waals surface area contributed by atoms with E-state index in [1.54, 1.807) is 43.1 Å². The van der Waals surface area contributed by atoms with E-state index in [0.29, 0.717) is 11.4 Å². The smallest absolute Gasteiger partial charge is 0.325 e. The highest BCUT2D eigenvalue weighted by Crippen LogP contribution is 2.42. The van der Waals surface area contributed by atoms with Crippen LogP contribution in [0.3, 0.4) is 0 Å². The van der Waals surface area contributed by atoms with Gasteiger partial charge in [0.15, 0.2) is 0 Å². The fraction of sp³-hybridized carbons (Fsp3) is 0.400. The molecule has 0 unspecified atom stereocenters. The van der Waals surface area contributed by atoms with Gasteiger partial charge in [0.1, 0.15) is 29.8 Å². The molecule has 9 heteroatoms. The van der Waals surface area contributed by atoms with Gasteiger partial charge in [-0.15, -0.1) is 0 Å². The molecule has 1 aromatic carbocycles. The summed E-state index contributed by atoms with van der Waals surface area (Å²) in [5.74, 6) is -0.616. The SMILES string of the molecule is Cn1ccnc1[C@@H](NC(=O)CN1C(=O)N[C@@](C)(C2CC2)C1=O)c1ccc(F)cc1. The van der Waals surface area contributed by atoms with Crippen LogP contribution in [-0.4, -0.2) is 44.4 Å². The number of imide groups is 1. The third-order valence-electron chi connectivity index (χ3n) is 5.62. The number of hydrogen-bond donors (Lipinski definition) is 2. The van der Waals surface area contributed by atoms with Crippen LogP contribution in [0, 0.1) is 11.7 Å². The van der Waals surface area contributed by atoms with Crippen LogP contribution >= 0.6 is 0 Å². The maximum absolute atomic E-state index is 13.3. The summed E-state index contributed by atoms with van der Waals surface area (Å²) < 4.78 is 15.1. The van der Waals surface area contributed by atoms with Crippen molar-refractivity contribution in [3.05, 3.63) is 53.9 Å². The average molecular weight is 399 g/mol. The lowest BCUT2D eigenvalue weighted by Gasteiger charge is -2.22. The van der Waals surface area contributed by atoms with Crippen LogP contribution in [0.1, 0.15) is 37.2 Å². The van der Waals surface area contributed by atoms with Gasteiger partial charge in [-0.05, 0) is 43.4 Å². The van der Waals surface area contributed by atoms with Crippen LogP contribution in [0.5, 0.6) is 0 Å². The highest BCUT2D eigenvalue weighted by atomic mass is 19.1. The summed E-state index contributed by atoms with van der Waals surface area (Å²) >= 11 is 0. The molecular formula is C20H22FN5O3. The fourth-order valence-electron chi connectivity index (χ4n) is 3.75. The van der Waals surface area contributed by atoms with Crippen LogP contribution < -0.4 is 10.6 Å². The second-order valence-electron chi connectivity index (χ2n) is 7.75. The predicted molar refractivity (Wildman–Crippen MR) is 101 cm³/mol. The predicted octanol–water partition coefficient (Wildman–Crippen LogP) is 1.49. The maximum atomic E-state index is 13.3. The first-order valence-electron chi connectivity index (χ1n) is 9.46. The lowest BCUT2D eigenvalue weighted by Crippen LogP contribution is -2.47. The molecule has 1 saturated carbocycles. The molecule has 1 aliphatic carbocycles. The third kappa shape index (κ3) is 3.48. The zero-order valence-electron chi connectivity index (χ0n) is 16.2. The van der Waals surface area contributed by atoms with Crippen molar-refractivity contribution in [3.63, 3.8) is 0 Å². The molecule has 4 rings (SSSR count). The van der Waals surface area contributed by atoms with Crippen molar-refractivity contribution in [2.24, 2.45) is 13.0 Å². The Morgan fingerprint density at radius 1 is 1.34 bits per heavy atom. The second-order valence-corrected chi connectivity index (χ2v) is 7.75. The first-order chi connectivity index (χ1) is 13.8. The highest BCUT2D eigenvalue weighted by Gasteiger charge is 2.56. The summed E-state index contributed by atoms with van der Waals surface area (Å²) in [6.07, 6.45) is 5.09. The summed E-state index contributed by atoms with van der Waals surface area (Å²) in [6.45, 7) is 1.31. The highest BCUT2D eigenvalue weighted by molar-refractivity contribution is 6.09. The standard InChI is InChI=1S/C20H22FN5O3/c1-20(13-5-6-13)18(28)26(19(29)24-20)11-15(27)23-16(17-22-9-10-25(17)2)12-3-7-14(21)8-4-12/h3-4,7-10,13,16H,5-6,11H2,1-2H3,(H,23,27)(H,24,29)/t16-,20-/m0/s1. The van der Waals surface area contributed by atoms with Gasteiger partial charge >= 0.3 is 6.03 Å². The minimum absolute atomic E-state index is 0.117. The molecule has 2 fully saturated rings. The minimum atomic E-state index is -0.937. The number of nitrogens with one attached hydrogen (secondary N) is 2. The van der Waals surface area contributed by atoms with E-state index in [-0.39, 0.29) is 11.8 Å². The molecule has 8 nitrogen and oxygen atoms in total. The number of carbonyl (C=O) groups excluding carboxylic acids is 3. The Morgan fingerprint density at radius 3 is 2.62 bits per heavy atom. The van der Waals surface area contributed by atoms with E-state index in [2.05, 4.69) is 15.6 Å². The summed E-state index contributed by atoms with van der Waals surface area (Å²) in [6, 6.07) is 4.51. The van der Waals surface area contributed by atoms with Crippen molar-refractivity contribution in [1.82, 2.24) is 25.1 Å².